The van der Waals surface area contributed by atoms with E-state index in [-0.39, 0.29) is 5.91 Å². The number of hydrogen-bond acceptors (Lipinski definition) is 2. The molecule has 3 nitrogen and oxygen atoms in total. The molecule has 2 rings (SSSR count). The lowest BCUT2D eigenvalue weighted by Gasteiger charge is -2.28. The number of rotatable bonds is 2. The number of amides is 1. The summed E-state index contributed by atoms with van der Waals surface area (Å²) in [5.74, 6) is 0.100. The second-order valence-electron chi connectivity index (χ2n) is 3.63. The Bertz CT molecular complexity index is 392. The summed E-state index contributed by atoms with van der Waals surface area (Å²) in [6.07, 6.45) is 0.925. The van der Waals surface area contributed by atoms with Gasteiger partial charge in [-0.05, 0) is 24.1 Å². The van der Waals surface area contributed by atoms with Crippen LogP contribution in [0.15, 0.2) is 22.7 Å². The van der Waals surface area contributed by atoms with Crippen LogP contribution >= 0.6 is 15.9 Å². The predicted octanol–water partition coefficient (Wildman–Crippen LogP) is 1.41. The van der Waals surface area contributed by atoms with Crippen LogP contribution in [0.2, 0.25) is 0 Å². The van der Waals surface area contributed by atoms with Crippen molar-refractivity contribution in [2.24, 2.45) is 5.73 Å². The van der Waals surface area contributed by atoms with E-state index in [1.54, 1.807) is 0 Å². The van der Waals surface area contributed by atoms with Gasteiger partial charge >= 0.3 is 0 Å². The fourth-order valence-corrected chi connectivity index (χ4v) is 2.22. The van der Waals surface area contributed by atoms with E-state index in [9.17, 15) is 4.79 Å². The van der Waals surface area contributed by atoms with Crippen molar-refractivity contribution in [2.45, 2.75) is 6.42 Å². The second-order valence-corrected chi connectivity index (χ2v) is 4.55. The van der Waals surface area contributed by atoms with Crippen LogP contribution in [-0.4, -0.2) is 30.4 Å². The van der Waals surface area contributed by atoms with E-state index in [0.29, 0.717) is 13.1 Å². The van der Waals surface area contributed by atoms with Crippen LogP contribution in [0.3, 0.4) is 0 Å². The monoisotopic (exact) mass is 268 g/mol. The fraction of sp³-hybridized carbons (Fsp3) is 0.364. The Hall–Kier alpha value is -0.870. The van der Waals surface area contributed by atoms with Crippen LogP contribution in [0.5, 0.6) is 0 Å². The molecule has 0 saturated carbocycles. The molecule has 0 bridgehead atoms. The van der Waals surface area contributed by atoms with E-state index < -0.39 is 0 Å². The highest BCUT2D eigenvalue weighted by Gasteiger charge is 2.23. The summed E-state index contributed by atoms with van der Waals surface area (Å²) in [7, 11) is 0. The lowest BCUT2D eigenvalue weighted by Crippen LogP contribution is -2.40. The Morgan fingerprint density at radius 1 is 1.47 bits per heavy atom. The van der Waals surface area contributed by atoms with Crippen LogP contribution in [0, 0.1) is 0 Å². The average Bonchev–Trinajstić information content (AvgIpc) is 2.23. The molecule has 2 N–H and O–H groups in total. The largest absolute Gasteiger partial charge is 0.337 e. The fourth-order valence-electron chi connectivity index (χ4n) is 1.86. The molecular formula is C11H13BrN2O. The van der Waals surface area contributed by atoms with Crippen molar-refractivity contribution in [2.75, 3.05) is 19.6 Å². The second kappa shape index (κ2) is 4.33. The lowest BCUT2D eigenvalue weighted by molar-refractivity contribution is 0.0744. The highest BCUT2D eigenvalue weighted by atomic mass is 79.9. The van der Waals surface area contributed by atoms with Gasteiger partial charge in [0.2, 0.25) is 0 Å². The first kappa shape index (κ1) is 10.6. The standard InChI is InChI=1S/C11H13BrN2O/c12-9-2-1-8-3-5-14(6-4-13)11(15)10(8)7-9/h1-2,7H,3-6,13H2. The van der Waals surface area contributed by atoms with Crippen LogP contribution in [0.1, 0.15) is 15.9 Å². The van der Waals surface area contributed by atoms with Crippen molar-refractivity contribution in [1.29, 1.82) is 0 Å². The number of fused-ring (bicyclic) bond motifs is 1. The minimum absolute atomic E-state index is 0.100. The third-order valence-electron chi connectivity index (χ3n) is 2.64. The first-order valence-electron chi connectivity index (χ1n) is 5.00. The molecule has 1 heterocycles. The SMILES string of the molecule is NCCN1CCc2ccc(Br)cc2C1=O. The van der Waals surface area contributed by atoms with Gasteiger partial charge in [0, 0.05) is 29.7 Å². The smallest absolute Gasteiger partial charge is 0.254 e. The predicted molar refractivity (Wildman–Crippen MR) is 62.8 cm³/mol. The minimum Gasteiger partial charge on any atom is -0.337 e. The van der Waals surface area contributed by atoms with Gasteiger partial charge < -0.3 is 10.6 Å². The van der Waals surface area contributed by atoms with Crippen LogP contribution in [0.25, 0.3) is 0 Å². The third-order valence-corrected chi connectivity index (χ3v) is 3.13. The van der Waals surface area contributed by atoms with Gasteiger partial charge in [0.15, 0.2) is 0 Å². The zero-order chi connectivity index (χ0) is 10.8. The number of nitrogens with zero attached hydrogens (tertiary/aromatic N) is 1. The molecule has 1 aliphatic heterocycles. The van der Waals surface area contributed by atoms with Crippen LogP contribution in [-0.2, 0) is 6.42 Å². The summed E-state index contributed by atoms with van der Waals surface area (Å²) >= 11 is 3.38. The number of halogens is 1. The quantitative estimate of drug-likeness (QED) is 0.882. The Balaban J connectivity index is 2.32. The Kier molecular flexibility index (Phi) is 3.07. The zero-order valence-electron chi connectivity index (χ0n) is 8.37. The molecule has 1 amide bonds. The van der Waals surface area contributed by atoms with Crippen LogP contribution in [0.4, 0.5) is 0 Å². The molecule has 0 saturated heterocycles. The maximum atomic E-state index is 12.0. The summed E-state index contributed by atoms with van der Waals surface area (Å²) < 4.78 is 0.948. The van der Waals surface area contributed by atoms with Crippen LogP contribution < -0.4 is 5.73 Å². The number of carbonyl (C=O) groups excluding carboxylic acids is 1. The number of benzene rings is 1. The molecular weight excluding hydrogens is 256 g/mol. The van der Waals surface area contributed by atoms with Gasteiger partial charge in [0.1, 0.15) is 0 Å². The normalized spacial score (nSPS) is 15.3. The van der Waals surface area contributed by atoms with Crippen molar-refractivity contribution < 1.29 is 4.79 Å². The van der Waals surface area contributed by atoms with Crippen molar-refractivity contribution in [3.63, 3.8) is 0 Å². The van der Waals surface area contributed by atoms with E-state index >= 15 is 0 Å². The number of carbonyl (C=O) groups is 1. The van der Waals surface area contributed by atoms with Gasteiger partial charge in [-0.25, -0.2) is 0 Å². The maximum Gasteiger partial charge on any atom is 0.254 e. The topological polar surface area (TPSA) is 46.3 Å². The molecule has 15 heavy (non-hydrogen) atoms. The number of hydrogen-bond donors (Lipinski definition) is 1. The molecule has 0 unspecified atom stereocenters. The summed E-state index contributed by atoms with van der Waals surface area (Å²) in [5, 5.41) is 0. The molecule has 0 fully saturated rings. The third kappa shape index (κ3) is 2.06. The summed E-state index contributed by atoms with van der Waals surface area (Å²) in [4.78, 5) is 13.8. The van der Waals surface area contributed by atoms with Crippen molar-refractivity contribution in [1.82, 2.24) is 4.90 Å². The molecule has 0 spiro atoms. The molecule has 0 atom stereocenters. The van der Waals surface area contributed by atoms with Crippen molar-refractivity contribution >= 4 is 21.8 Å². The summed E-state index contributed by atoms with van der Waals surface area (Å²) in [6.45, 7) is 1.95. The van der Waals surface area contributed by atoms with Gasteiger partial charge in [0.05, 0.1) is 0 Å². The Labute approximate surface area is 97.4 Å². The zero-order valence-corrected chi connectivity index (χ0v) is 9.96. The molecule has 1 aliphatic rings. The summed E-state index contributed by atoms with van der Waals surface area (Å²) in [5.41, 5.74) is 7.41. The van der Waals surface area contributed by atoms with Gasteiger partial charge in [-0.15, -0.1) is 0 Å². The first-order chi connectivity index (χ1) is 7.22. The molecule has 1 aromatic rings. The van der Waals surface area contributed by atoms with E-state index in [4.69, 9.17) is 5.73 Å². The lowest BCUT2D eigenvalue weighted by atomic mass is 9.99. The molecule has 0 aliphatic carbocycles. The minimum atomic E-state index is 0.100. The van der Waals surface area contributed by atoms with Gasteiger partial charge in [-0.2, -0.15) is 0 Å². The molecule has 1 aromatic carbocycles. The molecule has 80 valence electrons. The van der Waals surface area contributed by atoms with Gasteiger partial charge in [-0.3, -0.25) is 4.79 Å². The Morgan fingerprint density at radius 2 is 2.27 bits per heavy atom. The molecule has 4 heteroatoms. The highest BCUT2D eigenvalue weighted by molar-refractivity contribution is 9.10. The number of nitrogens with two attached hydrogens (primary N) is 1. The first-order valence-corrected chi connectivity index (χ1v) is 5.79. The van der Waals surface area contributed by atoms with Gasteiger partial charge in [-0.1, -0.05) is 22.0 Å². The molecule has 0 radical (unpaired) electrons. The summed E-state index contributed by atoms with van der Waals surface area (Å²) in [6, 6.07) is 5.88. The van der Waals surface area contributed by atoms with Crippen molar-refractivity contribution in [3.05, 3.63) is 33.8 Å². The van der Waals surface area contributed by atoms with E-state index in [2.05, 4.69) is 15.9 Å². The Morgan fingerprint density at radius 3 is 3.00 bits per heavy atom. The highest BCUT2D eigenvalue weighted by Crippen LogP contribution is 2.22. The van der Waals surface area contributed by atoms with E-state index in [0.717, 1.165) is 28.6 Å². The maximum absolute atomic E-state index is 12.0. The molecule has 0 aromatic heterocycles. The van der Waals surface area contributed by atoms with Gasteiger partial charge in [0.25, 0.3) is 5.91 Å². The van der Waals surface area contributed by atoms with Crippen molar-refractivity contribution in [3.8, 4) is 0 Å². The average molecular weight is 269 g/mol. The van der Waals surface area contributed by atoms with E-state index in [1.807, 2.05) is 23.1 Å². The van der Waals surface area contributed by atoms with E-state index in [1.165, 1.54) is 0 Å².